The van der Waals surface area contributed by atoms with E-state index in [4.69, 9.17) is 11.6 Å². The monoisotopic (exact) mass is 308 g/mol. The zero-order chi connectivity index (χ0) is 14.6. The van der Waals surface area contributed by atoms with Gasteiger partial charge in [0.15, 0.2) is 0 Å². The first-order valence-electron chi connectivity index (χ1n) is 7.66. The van der Waals surface area contributed by atoms with Gasteiger partial charge in [-0.15, -0.1) is 0 Å². The van der Waals surface area contributed by atoms with E-state index in [0.717, 1.165) is 43.2 Å². The highest BCUT2D eigenvalue weighted by Crippen LogP contribution is 2.55. The summed E-state index contributed by atoms with van der Waals surface area (Å²) in [7, 11) is 0. The normalized spacial score (nSPS) is 36.8. The molecule has 4 aliphatic carbocycles. The molecule has 4 bridgehead atoms. The minimum absolute atomic E-state index is 0.0682. The van der Waals surface area contributed by atoms with Crippen molar-refractivity contribution in [2.75, 3.05) is 0 Å². The van der Waals surface area contributed by atoms with Gasteiger partial charge in [-0.25, -0.2) is 9.37 Å². The van der Waals surface area contributed by atoms with Gasteiger partial charge in [-0.05, 0) is 62.3 Å². The molecule has 0 aliphatic heterocycles. The van der Waals surface area contributed by atoms with Crippen LogP contribution in [0.15, 0.2) is 12.3 Å². The van der Waals surface area contributed by atoms with Gasteiger partial charge in [-0.2, -0.15) is 0 Å². The summed E-state index contributed by atoms with van der Waals surface area (Å²) in [6.45, 7) is 0. The third kappa shape index (κ3) is 2.33. The standard InChI is InChI=1S/C16H18ClFN2O/c17-14-13(4-12(18)8-19-14)15(21)20-16-5-9-1-10(6-16)3-11(2-9)7-16/h4,8-11H,1-3,5-7H2,(H,20,21). The largest absolute Gasteiger partial charge is 0.346 e. The van der Waals surface area contributed by atoms with Gasteiger partial charge in [0.2, 0.25) is 0 Å². The third-order valence-corrected chi connectivity index (χ3v) is 5.77. The summed E-state index contributed by atoms with van der Waals surface area (Å²) >= 11 is 5.94. The van der Waals surface area contributed by atoms with E-state index in [1.807, 2.05) is 0 Å². The fourth-order valence-corrected chi connectivity index (χ4v) is 5.34. The van der Waals surface area contributed by atoms with Crippen LogP contribution >= 0.6 is 11.6 Å². The molecule has 5 rings (SSSR count). The summed E-state index contributed by atoms with van der Waals surface area (Å²) in [5, 5.41) is 3.25. The van der Waals surface area contributed by atoms with E-state index in [1.165, 1.54) is 25.3 Å². The Morgan fingerprint density at radius 3 is 2.38 bits per heavy atom. The molecule has 0 spiro atoms. The van der Waals surface area contributed by atoms with Gasteiger partial charge < -0.3 is 5.32 Å². The Bertz CT molecular complexity index is 569. The molecule has 0 atom stereocenters. The number of carbonyl (C=O) groups is 1. The highest BCUT2D eigenvalue weighted by molar-refractivity contribution is 6.32. The van der Waals surface area contributed by atoms with Crippen molar-refractivity contribution in [1.29, 1.82) is 0 Å². The maximum Gasteiger partial charge on any atom is 0.254 e. The number of rotatable bonds is 2. The molecule has 0 radical (unpaired) electrons. The van der Waals surface area contributed by atoms with Crippen molar-refractivity contribution < 1.29 is 9.18 Å². The predicted octanol–water partition coefficient (Wildman–Crippen LogP) is 3.57. The SMILES string of the molecule is O=C(NC12CC3CC(CC(C3)C1)C2)c1cc(F)cnc1Cl. The second-order valence-electron chi connectivity index (χ2n) is 7.14. The zero-order valence-corrected chi connectivity index (χ0v) is 12.5. The first kappa shape index (κ1) is 13.5. The topological polar surface area (TPSA) is 42.0 Å². The van der Waals surface area contributed by atoms with Crippen molar-refractivity contribution in [3.05, 3.63) is 28.8 Å². The first-order chi connectivity index (χ1) is 10.0. The Balaban J connectivity index is 1.58. The summed E-state index contributed by atoms with van der Waals surface area (Å²) in [6, 6.07) is 1.17. The molecule has 5 heteroatoms. The molecule has 4 fully saturated rings. The van der Waals surface area contributed by atoms with Crippen LogP contribution in [-0.2, 0) is 0 Å². The maximum absolute atomic E-state index is 13.3. The van der Waals surface area contributed by atoms with Gasteiger partial charge in [0, 0.05) is 5.54 Å². The van der Waals surface area contributed by atoms with Crippen molar-refractivity contribution in [2.24, 2.45) is 17.8 Å². The van der Waals surface area contributed by atoms with Gasteiger partial charge in [-0.1, -0.05) is 11.6 Å². The van der Waals surface area contributed by atoms with Gasteiger partial charge in [-0.3, -0.25) is 4.79 Å². The molecule has 1 aromatic heterocycles. The number of pyridine rings is 1. The number of nitrogens with zero attached hydrogens (tertiary/aromatic N) is 1. The van der Waals surface area contributed by atoms with Crippen LogP contribution in [0, 0.1) is 23.6 Å². The van der Waals surface area contributed by atoms with Gasteiger partial charge in [0.25, 0.3) is 5.91 Å². The lowest BCUT2D eigenvalue weighted by Gasteiger charge is -2.56. The van der Waals surface area contributed by atoms with E-state index < -0.39 is 5.82 Å². The summed E-state index contributed by atoms with van der Waals surface area (Å²) < 4.78 is 13.3. The average Bonchev–Trinajstić information content (AvgIpc) is 2.39. The van der Waals surface area contributed by atoms with Crippen LogP contribution in [0.1, 0.15) is 48.9 Å². The van der Waals surface area contributed by atoms with Crippen molar-refractivity contribution in [3.63, 3.8) is 0 Å². The molecular formula is C16H18ClFN2O. The van der Waals surface area contributed by atoms with Crippen molar-refractivity contribution >= 4 is 17.5 Å². The summed E-state index contributed by atoms with van der Waals surface area (Å²) in [5.74, 6) is 1.43. The molecule has 21 heavy (non-hydrogen) atoms. The highest BCUT2D eigenvalue weighted by Gasteiger charge is 2.51. The second-order valence-corrected chi connectivity index (χ2v) is 7.50. The third-order valence-electron chi connectivity index (χ3n) is 5.47. The van der Waals surface area contributed by atoms with Crippen LogP contribution in [0.25, 0.3) is 0 Å². The molecule has 0 saturated heterocycles. The van der Waals surface area contributed by atoms with Gasteiger partial charge >= 0.3 is 0 Å². The molecule has 0 unspecified atom stereocenters. The van der Waals surface area contributed by atoms with Crippen LogP contribution in [0.5, 0.6) is 0 Å². The quantitative estimate of drug-likeness (QED) is 0.849. The molecule has 3 nitrogen and oxygen atoms in total. The fourth-order valence-electron chi connectivity index (χ4n) is 5.15. The first-order valence-corrected chi connectivity index (χ1v) is 8.04. The Labute approximate surface area is 128 Å². The maximum atomic E-state index is 13.3. The van der Waals surface area contributed by atoms with Crippen LogP contribution in [0.3, 0.4) is 0 Å². The predicted molar refractivity (Wildman–Crippen MR) is 77.6 cm³/mol. The second kappa shape index (κ2) is 4.67. The van der Waals surface area contributed by atoms with Crippen molar-refractivity contribution in [3.8, 4) is 0 Å². The number of hydrogen-bond acceptors (Lipinski definition) is 2. The van der Waals surface area contributed by atoms with Gasteiger partial charge in [0.05, 0.1) is 11.8 Å². The minimum atomic E-state index is -0.532. The highest BCUT2D eigenvalue weighted by atomic mass is 35.5. The number of aromatic nitrogens is 1. The molecule has 1 amide bonds. The van der Waals surface area contributed by atoms with Crippen molar-refractivity contribution in [2.45, 2.75) is 44.1 Å². The molecular weight excluding hydrogens is 291 g/mol. The molecule has 112 valence electrons. The van der Waals surface area contributed by atoms with Crippen LogP contribution < -0.4 is 5.32 Å². The Kier molecular flexibility index (Phi) is 3.00. The summed E-state index contributed by atoms with van der Waals surface area (Å²) in [6.07, 6.45) is 8.16. The van der Waals surface area contributed by atoms with E-state index in [2.05, 4.69) is 10.3 Å². The average molecular weight is 309 g/mol. The lowest BCUT2D eigenvalue weighted by molar-refractivity contribution is -0.0167. The van der Waals surface area contributed by atoms with E-state index in [-0.39, 0.29) is 22.2 Å². The molecule has 1 aromatic rings. The molecule has 1 heterocycles. The zero-order valence-electron chi connectivity index (χ0n) is 11.7. The Hall–Kier alpha value is -1.16. The smallest absolute Gasteiger partial charge is 0.254 e. The number of halogens is 2. The van der Waals surface area contributed by atoms with E-state index in [9.17, 15) is 9.18 Å². The van der Waals surface area contributed by atoms with E-state index in [0.29, 0.717) is 0 Å². The number of amides is 1. The van der Waals surface area contributed by atoms with Crippen LogP contribution in [0.2, 0.25) is 5.15 Å². The number of nitrogens with one attached hydrogen (secondary N) is 1. The number of hydrogen-bond donors (Lipinski definition) is 1. The lowest BCUT2D eigenvalue weighted by atomic mass is 9.53. The minimum Gasteiger partial charge on any atom is -0.346 e. The van der Waals surface area contributed by atoms with Crippen LogP contribution in [-0.4, -0.2) is 16.4 Å². The van der Waals surface area contributed by atoms with Gasteiger partial charge in [0.1, 0.15) is 11.0 Å². The fraction of sp³-hybridized carbons (Fsp3) is 0.625. The van der Waals surface area contributed by atoms with Crippen molar-refractivity contribution in [1.82, 2.24) is 10.3 Å². The Morgan fingerprint density at radius 2 is 1.81 bits per heavy atom. The Morgan fingerprint density at radius 1 is 1.24 bits per heavy atom. The number of carbonyl (C=O) groups excluding carboxylic acids is 1. The molecule has 0 aromatic carbocycles. The van der Waals surface area contributed by atoms with E-state index >= 15 is 0 Å². The van der Waals surface area contributed by atoms with E-state index in [1.54, 1.807) is 0 Å². The lowest BCUT2D eigenvalue weighted by Crippen LogP contribution is -2.59. The summed E-state index contributed by atoms with van der Waals surface area (Å²) in [5.41, 5.74) is 0.0500. The summed E-state index contributed by atoms with van der Waals surface area (Å²) in [4.78, 5) is 16.2. The molecule has 1 N–H and O–H groups in total. The molecule has 4 saturated carbocycles. The van der Waals surface area contributed by atoms with Crippen LogP contribution in [0.4, 0.5) is 4.39 Å². The molecule has 4 aliphatic rings.